The number of hydrogen-bond donors (Lipinski definition) is 0. The van der Waals surface area contributed by atoms with Gasteiger partial charge in [-0.05, 0) is 34.7 Å². The summed E-state index contributed by atoms with van der Waals surface area (Å²) >= 11 is 0. The lowest BCUT2D eigenvalue weighted by Crippen LogP contribution is -2.23. The maximum absolute atomic E-state index is 2.35. The van der Waals surface area contributed by atoms with E-state index >= 15 is 0 Å². The third-order valence-electron chi connectivity index (χ3n) is 4.90. The molecule has 0 nitrogen and oxygen atoms in total. The molecule has 1 aliphatic carbocycles. The maximum Gasteiger partial charge on any atom is 0.140 e. The van der Waals surface area contributed by atoms with Gasteiger partial charge in [0.15, 0.2) is 0 Å². The summed E-state index contributed by atoms with van der Waals surface area (Å²) in [6, 6.07) is 26.4. The van der Waals surface area contributed by atoms with Gasteiger partial charge >= 0.3 is 0 Å². The van der Waals surface area contributed by atoms with Gasteiger partial charge in [-0.1, -0.05) is 78.3 Å². The fourth-order valence-corrected chi connectivity index (χ4v) is 3.81. The number of rotatable bonds is 1. The van der Waals surface area contributed by atoms with Crippen molar-refractivity contribution in [1.82, 2.24) is 0 Å². The molecule has 0 saturated heterocycles. The van der Waals surface area contributed by atoms with Crippen LogP contribution in [0.3, 0.4) is 0 Å². The molecule has 0 fully saturated rings. The smallest absolute Gasteiger partial charge is 0.0809 e. The fourth-order valence-electron chi connectivity index (χ4n) is 3.81. The van der Waals surface area contributed by atoms with Gasteiger partial charge in [0, 0.05) is 5.41 Å². The van der Waals surface area contributed by atoms with Crippen molar-refractivity contribution < 1.29 is 0 Å². The Balaban J connectivity index is 2.13. The molecular formula is C20H17B. The summed E-state index contributed by atoms with van der Waals surface area (Å²) in [5.41, 5.74) is 8.31. The fraction of sp³-hybridized carbons (Fsp3) is 0.100. The van der Waals surface area contributed by atoms with E-state index in [1.165, 1.54) is 33.3 Å². The predicted octanol–water partition coefficient (Wildman–Crippen LogP) is 3.28. The SMILES string of the molecule is Bc1cccc2c1-c1ccccc1C2(C)c1ccccc1. The first-order valence-electron chi connectivity index (χ1n) is 7.48. The lowest BCUT2D eigenvalue weighted by atomic mass is 9.73. The van der Waals surface area contributed by atoms with E-state index in [0.29, 0.717) is 0 Å². The molecule has 0 aromatic heterocycles. The highest BCUT2D eigenvalue weighted by Crippen LogP contribution is 2.51. The zero-order chi connectivity index (χ0) is 14.4. The van der Waals surface area contributed by atoms with Gasteiger partial charge in [-0.15, -0.1) is 0 Å². The Morgan fingerprint density at radius 2 is 1.38 bits per heavy atom. The van der Waals surface area contributed by atoms with Crippen LogP contribution in [0, 0.1) is 0 Å². The summed E-state index contributed by atoms with van der Waals surface area (Å²) in [6.45, 7) is 2.35. The van der Waals surface area contributed by atoms with E-state index in [4.69, 9.17) is 0 Å². The van der Waals surface area contributed by atoms with Gasteiger partial charge in [-0.3, -0.25) is 0 Å². The van der Waals surface area contributed by atoms with Crippen molar-refractivity contribution in [2.75, 3.05) is 0 Å². The summed E-state index contributed by atoms with van der Waals surface area (Å²) in [4.78, 5) is 0. The van der Waals surface area contributed by atoms with Gasteiger partial charge in [0.2, 0.25) is 0 Å². The average molecular weight is 268 g/mol. The topological polar surface area (TPSA) is 0 Å². The second-order valence-corrected chi connectivity index (χ2v) is 6.03. The highest BCUT2D eigenvalue weighted by atomic mass is 14.4. The monoisotopic (exact) mass is 268 g/mol. The number of fused-ring (bicyclic) bond motifs is 3. The average Bonchev–Trinajstić information content (AvgIpc) is 2.81. The molecule has 0 bridgehead atoms. The largest absolute Gasteiger partial charge is 0.140 e. The molecule has 0 spiro atoms. The highest BCUT2D eigenvalue weighted by molar-refractivity contribution is 6.36. The first-order chi connectivity index (χ1) is 10.2. The molecule has 1 atom stereocenters. The molecule has 0 heterocycles. The Morgan fingerprint density at radius 3 is 2.19 bits per heavy atom. The summed E-state index contributed by atoms with van der Waals surface area (Å²) < 4.78 is 0. The van der Waals surface area contributed by atoms with Crippen molar-refractivity contribution in [2.45, 2.75) is 12.3 Å². The van der Waals surface area contributed by atoms with Gasteiger partial charge in [-0.25, -0.2) is 0 Å². The number of hydrogen-bond acceptors (Lipinski definition) is 0. The Kier molecular flexibility index (Phi) is 2.59. The molecule has 0 amide bonds. The first kappa shape index (κ1) is 12.5. The van der Waals surface area contributed by atoms with Gasteiger partial charge in [0.1, 0.15) is 7.85 Å². The van der Waals surface area contributed by atoms with Crippen LogP contribution in [0.4, 0.5) is 0 Å². The summed E-state index contributed by atoms with van der Waals surface area (Å²) in [6.07, 6.45) is 0. The van der Waals surface area contributed by atoms with Gasteiger partial charge in [0.05, 0.1) is 0 Å². The molecule has 1 unspecified atom stereocenters. The van der Waals surface area contributed by atoms with Crippen molar-refractivity contribution in [3.05, 3.63) is 89.5 Å². The Hall–Kier alpha value is -2.28. The molecule has 1 heteroatoms. The van der Waals surface area contributed by atoms with E-state index in [1.807, 2.05) is 0 Å². The molecule has 0 N–H and O–H groups in total. The molecule has 3 aromatic carbocycles. The molecule has 1 aliphatic rings. The first-order valence-corrected chi connectivity index (χ1v) is 7.48. The summed E-state index contributed by atoms with van der Waals surface area (Å²) in [7, 11) is 2.21. The summed E-state index contributed by atoms with van der Waals surface area (Å²) in [5, 5.41) is 0. The summed E-state index contributed by atoms with van der Waals surface area (Å²) in [5.74, 6) is 0. The van der Waals surface area contributed by atoms with E-state index in [0.717, 1.165) is 0 Å². The van der Waals surface area contributed by atoms with Crippen molar-refractivity contribution in [1.29, 1.82) is 0 Å². The second kappa shape index (κ2) is 4.36. The lowest BCUT2D eigenvalue weighted by Gasteiger charge is -2.28. The second-order valence-electron chi connectivity index (χ2n) is 6.03. The molecule has 21 heavy (non-hydrogen) atoms. The normalized spacial score (nSPS) is 19.1. The standard InChI is InChI=1S/C20H17B/c1-20(14-8-3-2-4-9-14)16-11-6-5-10-15(16)19-17(20)12-7-13-18(19)21/h2-13H,21H2,1H3. The minimum atomic E-state index is -0.0563. The number of benzene rings is 3. The van der Waals surface area contributed by atoms with Crippen LogP contribution >= 0.6 is 0 Å². The van der Waals surface area contributed by atoms with Crippen LogP contribution in [-0.2, 0) is 5.41 Å². The van der Waals surface area contributed by atoms with Crippen LogP contribution < -0.4 is 5.46 Å². The van der Waals surface area contributed by atoms with Gasteiger partial charge in [-0.2, -0.15) is 0 Å². The minimum absolute atomic E-state index is 0.0563. The third-order valence-corrected chi connectivity index (χ3v) is 4.90. The van der Waals surface area contributed by atoms with Crippen molar-refractivity contribution in [3.63, 3.8) is 0 Å². The predicted molar refractivity (Wildman–Crippen MR) is 92.1 cm³/mol. The molecule has 0 aliphatic heterocycles. The molecule has 0 saturated carbocycles. The van der Waals surface area contributed by atoms with Gasteiger partial charge in [0.25, 0.3) is 0 Å². The quantitative estimate of drug-likeness (QED) is 0.594. The van der Waals surface area contributed by atoms with Crippen LogP contribution in [0.25, 0.3) is 11.1 Å². The van der Waals surface area contributed by atoms with Gasteiger partial charge < -0.3 is 0 Å². The van der Waals surface area contributed by atoms with Crippen molar-refractivity contribution in [3.8, 4) is 11.1 Å². The van der Waals surface area contributed by atoms with Crippen LogP contribution in [0.2, 0.25) is 0 Å². The molecule has 3 aromatic rings. The Morgan fingerprint density at radius 1 is 0.714 bits per heavy atom. The molecular weight excluding hydrogens is 251 g/mol. The molecule has 0 radical (unpaired) electrons. The van der Waals surface area contributed by atoms with Crippen molar-refractivity contribution in [2.24, 2.45) is 0 Å². The van der Waals surface area contributed by atoms with Crippen LogP contribution in [0.15, 0.2) is 72.8 Å². The van der Waals surface area contributed by atoms with Crippen molar-refractivity contribution >= 4 is 13.3 Å². The van der Waals surface area contributed by atoms with E-state index in [2.05, 4.69) is 87.6 Å². The van der Waals surface area contributed by atoms with E-state index in [9.17, 15) is 0 Å². The van der Waals surface area contributed by atoms with Crippen LogP contribution in [0.1, 0.15) is 23.6 Å². The van der Waals surface area contributed by atoms with E-state index in [-0.39, 0.29) is 5.41 Å². The maximum atomic E-state index is 2.35. The minimum Gasteiger partial charge on any atom is -0.0809 e. The zero-order valence-electron chi connectivity index (χ0n) is 12.4. The van der Waals surface area contributed by atoms with Crippen LogP contribution in [-0.4, -0.2) is 7.85 Å². The third kappa shape index (κ3) is 1.58. The zero-order valence-corrected chi connectivity index (χ0v) is 12.4. The van der Waals surface area contributed by atoms with E-state index in [1.54, 1.807) is 0 Å². The lowest BCUT2D eigenvalue weighted by molar-refractivity contribution is 0.714. The van der Waals surface area contributed by atoms with E-state index < -0.39 is 0 Å². The Bertz CT molecular complexity index is 820. The molecule has 100 valence electrons. The van der Waals surface area contributed by atoms with Crippen LogP contribution in [0.5, 0.6) is 0 Å². The Labute approximate surface area is 126 Å². The molecule has 4 rings (SSSR count). The highest BCUT2D eigenvalue weighted by Gasteiger charge is 2.40.